The Morgan fingerprint density at radius 1 is 0.432 bits per heavy atom. The fourth-order valence-corrected chi connectivity index (χ4v) is 7.47. The van der Waals surface area contributed by atoms with Crippen molar-refractivity contribution in [2.75, 3.05) is 0 Å². The minimum absolute atomic E-state index is 0.0925. The molecule has 0 bridgehead atoms. The van der Waals surface area contributed by atoms with E-state index in [2.05, 4.69) is 0 Å². The molecule has 0 fully saturated rings. The van der Waals surface area contributed by atoms with Gasteiger partial charge in [0.05, 0.1) is 9.79 Å². The molecule has 5 rings (SSSR count). The lowest BCUT2D eigenvalue weighted by Gasteiger charge is -2.16. The number of rotatable bonds is 6. The zero-order valence-electron chi connectivity index (χ0n) is 21.5. The molecule has 14 nitrogen and oxygen atoms in total. The topological polar surface area (TPSA) is 258 Å². The number of aromatic hydroxyl groups is 2. The van der Waals surface area contributed by atoms with Crippen molar-refractivity contribution in [2.24, 2.45) is 0 Å². The second kappa shape index (κ2) is 10.2. The van der Waals surface area contributed by atoms with Crippen LogP contribution in [-0.4, -0.2) is 62.1 Å². The fraction of sp³-hybridized carbons (Fsp3) is 0. The van der Waals surface area contributed by atoms with Gasteiger partial charge in [0, 0.05) is 21.9 Å². The van der Waals surface area contributed by atoms with Gasteiger partial charge in [-0.3, -0.25) is 18.2 Å². The average molecular weight is 683 g/mol. The van der Waals surface area contributed by atoms with Crippen LogP contribution in [0.1, 0.15) is 0 Å². The molecule has 0 spiro atoms. The van der Waals surface area contributed by atoms with Gasteiger partial charge in [-0.1, -0.05) is 18.2 Å². The molecule has 0 saturated carbocycles. The summed E-state index contributed by atoms with van der Waals surface area (Å²) in [4.78, 5) is -3.21. The van der Waals surface area contributed by atoms with E-state index >= 15 is 0 Å². The molecule has 0 aromatic heterocycles. The van der Waals surface area contributed by atoms with Crippen LogP contribution in [0, 0.1) is 0 Å². The van der Waals surface area contributed by atoms with Crippen molar-refractivity contribution in [2.45, 2.75) is 19.6 Å². The van der Waals surface area contributed by atoms with E-state index < -0.39 is 82.7 Å². The molecule has 0 aliphatic heterocycles. The summed E-state index contributed by atoms with van der Waals surface area (Å²) >= 11 is 0. The lowest BCUT2D eigenvalue weighted by molar-refractivity contribution is 0.446. The Kier molecular flexibility index (Phi) is 7.26. The molecular formula is C26H18O14S4. The molecule has 18 heteroatoms. The first-order valence-corrected chi connectivity index (χ1v) is 17.5. The van der Waals surface area contributed by atoms with Crippen LogP contribution in [-0.2, 0) is 40.5 Å². The minimum atomic E-state index is -5.18. The number of phenols is 2. The molecule has 44 heavy (non-hydrogen) atoms. The van der Waals surface area contributed by atoms with Gasteiger partial charge in [-0.15, -0.1) is 0 Å². The van der Waals surface area contributed by atoms with E-state index in [9.17, 15) is 62.1 Å². The van der Waals surface area contributed by atoms with Crippen molar-refractivity contribution in [3.63, 3.8) is 0 Å². The van der Waals surface area contributed by atoms with Gasteiger partial charge in [0.25, 0.3) is 40.5 Å². The number of phenolic OH excluding ortho intramolecular Hbond substituents is 2. The van der Waals surface area contributed by atoms with Gasteiger partial charge >= 0.3 is 0 Å². The van der Waals surface area contributed by atoms with Crippen LogP contribution in [0.2, 0.25) is 0 Å². The average Bonchev–Trinajstić information content (AvgIpc) is 2.89. The maximum atomic E-state index is 12.4. The lowest BCUT2D eigenvalue weighted by Crippen LogP contribution is -2.04. The van der Waals surface area contributed by atoms with E-state index in [1.54, 1.807) is 0 Å². The standard InChI is InChI=1S/C26H18O14S4/c27-23-19-6-4-17(41(29,30)31)9-15(19)11-21(25(23)43(35,36)37)13-2-1-3-14(8-13)22-12-16-10-18(42(32,33)34)5-7-20(16)24(28)26(22)44(38,39)40/h1-12,27-28H,(H,29,30,31)(H,32,33,34)(H,35,36,37)(H,38,39,40). The quantitative estimate of drug-likeness (QED) is 0.140. The Labute approximate surface area is 249 Å². The summed E-state index contributed by atoms with van der Waals surface area (Å²) in [6, 6.07) is 12.8. The fourth-order valence-electron chi connectivity index (χ4n) is 4.82. The number of benzene rings is 5. The molecule has 0 saturated heterocycles. The molecule has 5 aromatic carbocycles. The maximum absolute atomic E-state index is 12.4. The monoisotopic (exact) mass is 682 g/mol. The molecule has 0 heterocycles. The predicted octanol–water partition coefficient (Wildman–Crippen LogP) is 3.73. The highest BCUT2D eigenvalue weighted by Gasteiger charge is 2.28. The number of hydrogen-bond acceptors (Lipinski definition) is 10. The van der Waals surface area contributed by atoms with Crippen LogP contribution in [0.4, 0.5) is 0 Å². The van der Waals surface area contributed by atoms with Crippen molar-refractivity contribution < 1.29 is 62.1 Å². The van der Waals surface area contributed by atoms with E-state index in [1.807, 2.05) is 0 Å². The highest BCUT2D eigenvalue weighted by atomic mass is 32.2. The number of hydrogen-bond donors (Lipinski definition) is 6. The first kappa shape index (κ1) is 31.3. The summed E-state index contributed by atoms with van der Waals surface area (Å²) in [5.74, 6) is -1.96. The van der Waals surface area contributed by atoms with Crippen LogP contribution in [0.3, 0.4) is 0 Å². The van der Waals surface area contributed by atoms with Crippen molar-refractivity contribution in [1.82, 2.24) is 0 Å². The summed E-state index contributed by atoms with van der Waals surface area (Å²) in [7, 11) is -19.8. The summed E-state index contributed by atoms with van der Waals surface area (Å²) < 4.78 is 135. The van der Waals surface area contributed by atoms with E-state index in [4.69, 9.17) is 0 Å². The van der Waals surface area contributed by atoms with Gasteiger partial charge < -0.3 is 10.2 Å². The Hall–Kier alpha value is -4.14. The van der Waals surface area contributed by atoms with Crippen LogP contribution < -0.4 is 0 Å². The SMILES string of the molecule is O=S(=O)(O)c1ccc2c(O)c(S(=O)(=O)O)c(-c3cccc(-c4cc5cc(S(=O)(=O)O)ccc5c(O)c4S(=O)(=O)O)c3)cc2c1. The second-order valence-corrected chi connectivity index (χ2v) is 15.0. The van der Waals surface area contributed by atoms with Crippen LogP contribution in [0.15, 0.2) is 92.4 Å². The summed E-state index contributed by atoms with van der Waals surface area (Å²) in [5, 5.41) is 21.1. The summed E-state index contributed by atoms with van der Waals surface area (Å²) in [5.41, 5.74) is -1.04. The molecule has 0 unspecified atom stereocenters. The first-order valence-electron chi connectivity index (χ1n) is 11.8. The van der Waals surface area contributed by atoms with Gasteiger partial charge in [-0.2, -0.15) is 33.7 Å². The van der Waals surface area contributed by atoms with Crippen molar-refractivity contribution in [1.29, 1.82) is 0 Å². The van der Waals surface area contributed by atoms with Crippen molar-refractivity contribution in [3.05, 3.63) is 72.8 Å². The Morgan fingerprint density at radius 3 is 1.11 bits per heavy atom. The number of fused-ring (bicyclic) bond motifs is 2. The first-order chi connectivity index (χ1) is 20.2. The zero-order chi connectivity index (χ0) is 32.6. The largest absolute Gasteiger partial charge is 0.506 e. The Morgan fingerprint density at radius 2 is 0.795 bits per heavy atom. The highest BCUT2D eigenvalue weighted by Crippen LogP contribution is 2.44. The van der Waals surface area contributed by atoms with Gasteiger partial charge in [-0.05, 0) is 76.5 Å². The molecule has 0 aliphatic carbocycles. The van der Waals surface area contributed by atoms with Crippen LogP contribution in [0.25, 0.3) is 43.8 Å². The van der Waals surface area contributed by atoms with Crippen LogP contribution in [0.5, 0.6) is 11.5 Å². The molecule has 5 aromatic rings. The third kappa shape index (κ3) is 5.60. The molecular weight excluding hydrogens is 665 g/mol. The maximum Gasteiger partial charge on any atom is 0.298 e. The van der Waals surface area contributed by atoms with Crippen molar-refractivity contribution in [3.8, 4) is 33.8 Å². The third-order valence-corrected chi connectivity index (χ3v) is 10.2. The predicted molar refractivity (Wildman–Crippen MR) is 155 cm³/mol. The van der Waals surface area contributed by atoms with E-state index in [0.29, 0.717) is 0 Å². The molecule has 0 aliphatic rings. The molecule has 6 N–H and O–H groups in total. The zero-order valence-corrected chi connectivity index (χ0v) is 24.8. The minimum Gasteiger partial charge on any atom is -0.506 e. The molecule has 0 atom stereocenters. The Bertz CT molecular complexity index is 2330. The summed E-state index contributed by atoms with van der Waals surface area (Å²) in [6.45, 7) is 0. The second-order valence-electron chi connectivity index (χ2n) is 9.45. The normalized spacial score (nSPS) is 13.0. The van der Waals surface area contributed by atoms with E-state index in [-0.39, 0.29) is 32.7 Å². The van der Waals surface area contributed by atoms with Gasteiger partial charge in [0.1, 0.15) is 21.3 Å². The highest BCUT2D eigenvalue weighted by molar-refractivity contribution is 7.86. The van der Waals surface area contributed by atoms with E-state index in [0.717, 1.165) is 54.6 Å². The van der Waals surface area contributed by atoms with Crippen LogP contribution >= 0.6 is 0 Å². The van der Waals surface area contributed by atoms with E-state index in [1.165, 1.54) is 18.2 Å². The summed E-state index contributed by atoms with van der Waals surface area (Å²) in [6.07, 6.45) is 0. The Balaban J connectivity index is 1.86. The molecule has 230 valence electrons. The molecule has 0 radical (unpaired) electrons. The lowest BCUT2D eigenvalue weighted by atomic mass is 9.95. The van der Waals surface area contributed by atoms with Gasteiger partial charge in [0.2, 0.25) is 0 Å². The smallest absolute Gasteiger partial charge is 0.298 e. The van der Waals surface area contributed by atoms with Crippen molar-refractivity contribution >= 4 is 62.0 Å². The van der Waals surface area contributed by atoms with Gasteiger partial charge in [-0.25, -0.2) is 0 Å². The molecule has 0 amide bonds. The van der Waals surface area contributed by atoms with Gasteiger partial charge in [0.15, 0.2) is 0 Å². The third-order valence-electron chi connectivity index (χ3n) is 6.67.